The van der Waals surface area contributed by atoms with Gasteiger partial charge in [0.25, 0.3) is 5.91 Å². The minimum atomic E-state index is -2.90. The Morgan fingerprint density at radius 2 is 1.79 bits per heavy atom. The lowest BCUT2D eigenvalue weighted by Gasteiger charge is -2.60. The first kappa shape index (κ1) is 20.6. The smallest absolute Gasteiger partial charge is 0.387 e. The zero-order chi connectivity index (χ0) is 20.6. The highest BCUT2D eigenvalue weighted by atomic mass is 79.9. The van der Waals surface area contributed by atoms with Gasteiger partial charge in [0.15, 0.2) is 6.61 Å². The van der Waals surface area contributed by atoms with Crippen LogP contribution in [0.3, 0.4) is 0 Å². The highest BCUT2D eigenvalue weighted by Crippen LogP contribution is 2.65. The molecule has 0 radical (unpaired) electrons. The van der Waals surface area contributed by atoms with E-state index < -0.39 is 12.5 Å². The quantitative estimate of drug-likeness (QED) is 0.453. The molecule has 1 aromatic carbocycles. The lowest BCUT2D eigenvalue weighted by molar-refractivity contribution is -0.153. The Bertz CT molecular complexity index is 771. The molecular formula is C21H24BrF2NO4. The molecule has 0 aliphatic heterocycles. The summed E-state index contributed by atoms with van der Waals surface area (Å²) in [5, 5.41) is 2.58. The van der Waals surface area contributed by atoms with Crippen molar-refractivity contribution in [2.24, 2.45) is 17.3 Å². The zero-order valence-corrected chi connectivity index (χ0v) is 17.6. The molecule has 0 heterocycles. The second-order valence-electron chi connectivity index (χ2n) is 8.90. The fourth-order valence-corrected chi connectivity index (χ4v) is 7.47. The van der Waals surface area contributed by atoms with Gasteiger partial charge in [-0.25, -0.2) is 0 Å². The van der Waals surface area contributed by atoms with Crippen molar-refractivity contribution in [2.45, 2.75) is 55.9 Å². The Balaban J connectivity index is 1.25. The third kappa shape index (κ3) is 4.90. The molecule has 4 aliphatic carbocycles. The summed E-state index contributed by atoms with van der Waals surface area (Å²) >= 11 is 3.93. The maximum Gasteiger partial charge on any atom is 0.387 e. The lowest BCUT2D eigenvalue weighted by atomic mass is 9.49. The Hall–Kier alpha value is -1.70. The van der Waals surface area contributed by atoms with Gasteiger partial charge >= 0.3 is 12.6 Å². The largest absolute Gasteiger partial charge is 0.456 e. The van der Waals surface area contributed by atoms with Crippen molar-refractivity contribution in [2.75, 3.05) is 11.9 Å². The van der Waals surface area contributed by atoms with E-state index in [-0.39, 0.29) is 28.1 Å². The van der Waals surface area contributed by atoms with Crippen LogP contribution < -0.4 is 10.1 Å². The van der Waals surface area contributed by atoms with Crippen molar-refractivity contribution in [3.63, 3.8) is 0 Å². The number of carbonyl (C=O) groups is 2. The molecule has 2 atom stereocenters. The van der Waals surface area contributed by atoms with E-state index >= 15 is 0 Å². The third-order valence-electron chi connectivity index (χ3n) is 6.36. The number of rotatable bonds is 7. The maximum atomic E-state index is 12.4. The van der Waals surface area contributed by atoms with Crippen LogP contribution in [0.15, 0.2) is 24.3 Å². The number of amides is 1. The summed E-state index contributed by atoms with van der Waals surface area (Å²) < 4.78 is 34.0. The number of hydrogen-bond donors (Lipinski definition) is 1. The average molecular weight is 472 g/mol. The minimum absolute atomic E-state index is 0.00166. The third-order valence-corrected chi connectivity index (χ3v) is 7.29. The standard InChI is InChI=1S/C21H24BrF2NO4/c22-21-8-13-5-14(9-21)7-20(6-13,12-21)10-18(27)28-11-17(26)25-15-1-3-16(4-2-15)29-19(23)24/h1-4,13-14,19H,5-12H2,(H,25,26). The molecule has 4 aliphatic rings. The first-order valence-corrected chi connectivity index (χ1v) is 10.7. The first-order chi connectivity index (χ1) is 13.7. The first-order valence-electron chi connectivity index (χ1n) is 9.92. The van der Waals surface area contributed by atoms with Crippen molar-refractivity contribution < 1.29 is 27.8 Å². The fourth-order valence-electron chi connectivity index (χ4n) is 5.96. The van der Waals surface area contributed by atoms with Gasteiger partial charge in [-0.2, -0.15) is 8.78 Å². The number of halogens is 3. The number of benzene rings is 1. The van der Waals surface area contributed by atoms with E-state index in [1.165, 1.54) is 43.5 Å². The molecule has 1 aromatic rings. The summed E-state index contributed by atoms with van der Waals surface area (Å²) in [6, 6.07) is 5.55. The maximum absolute atomic E-state index is 12.4. The summed E-state index contributed by atoms with van der Waals surface area (Å²) in [5.41, 5.74) is 0.414. The summed E-state index contributed by atoms with van der Waals surface area (Å²) in [6.45, 7) is -3.26. The van der Waals surface area contributed by atoms with E-state index in [0.717, 1.165) is 19.3 Å². The topological polar surface area (TPSA) is 64.6 Å². The van der Waals surface area contributed by atoms with Crippen LogP contribution in [0.5, 0.6) is 5.75 Å². The van der Waals surface area contributed by atoms with E-state index in [1.54, 1.807) is 0 Å². The highest BCUT2D eigenvalue weighted by molar-refractivity contribution is 9.10. The van der Waals surface area contributed by atoms with Gasteiger partial charge in [0.05, 0.1) is 6.42 Å². The monoisotopic (exact) mass is 471 g/mol. The second-order valence-corrected chi connectivity index (χ2v) is 10.6. The molecule has 8 heteroatoms. The van der Waals surface area contributed by atoms with Crippen molar-refractivity contribution in [1.29, 1.82) is 0 Å². The van der Waals surface area contributed by atoms with Gasteiger partial charge < -0.3 is 14.8 Å². The number of nitrogens with one attached hydrogen (secondary N) is 1. The van der Waals surface area contributed by atoms with Crippen LogP contribution in [0, 0.1) is 17.3 Å². The van der Waals surface area contributed by atoms with Gasteiger partial charge in [0, 0.05) is 10.0 Å². The van der Waals surface area contributed by atoms with Crippen LogP contribution in [0.1, 0.15) is 44.9 Å². The lowest BCUT2D eigenvalue weighted by Crippen LogP contribution is -2.53. The van der Waals surface area contributed by atoms with Crippen molar-refractivity contribution in [3.8, 4) is 5.75 Å². The molecule has 0 saturated heterocycles. The average Bonchev–Trinajstić information content (AvgIpc) is 2.59. The Morgan fingerprint density at radius 3 is 2.38 bits per heavy atom. The van der Waals surface area contributed by atoms with Gasteiger partial charge in [0.2, 0.25) is 0 Å². The summed E-state index contributed by atoms with van der Waals surface area (Å²) in [5.74, 6) is 0.569. The van der Waals surface area contributed by atoms with E-state index in [1.807, 2.05) is 0 Å². The molecule has 1 N–H and O–H groups in total. The SMILES string of the molecule is O=C(COC(=O)CC12CC3CC(CC(Br)(C3)C1)C2)Nc1ccc(OC(F)F)cc1. The normalized spacial score (nSPS) is 32.3. The predicted molar refractivity (Wildman–Crippen MR) is 106 cm³/mol. The van der Waals surface area contributed by atoms with Crippen molar-refractivity contribution in [3.05, 3.63) is 24.3 Å². The molecule has 0 spiro atoms. The van der Waals surface area contributed by atoms with E-state index in [2.05, 4.69) is 26.0 Å². The summed E-state index contributed by atoms with van der Waals surface area (Å²) in [4.78, 5) is 24.5. The number of carbonyl (C=O) groups excluding carboxylic acids is 2. The number of esters is 1. The van der Waals surface area contributed by atoms with Crippen LogP contribution in [-0.4, -0.2) is 29.4 Å². The van der Waals surface area contributed by atoms with Gasteiger partial charge in [-0.1, -0.05) is 15.9 Å². The summed E-state index contributed by atoms with van der Waals surface area (Å²) in [6.07, 6.45) is 7.18. The molecule has 158 valence electrons. The number of anilines is 1. The second kappa shape index (κ2) is 7.85. The Morgan fingerprint density at radius 1 is 1.14 bits per heavy atom. The van der Waals surface area contributed by atoms with Crippen LogP contribution in [0.2, 0.25) is 0 Å². The number of hydrogen-bond acceptors (Lipinski definition) is 4. The van der Waals surface area contributed by atoms with Crippen LogP contribution in [0.25, 0.3) is 0 Å². The molecular weight excluding hydrogens is 448 g/mol. The summed E-state index contributed by atoms with van der Waals surface area (Å²) in [7, 11) is 0. The van der Waals surface area contributed by atoms with E-state index in [0.29, 0.717) is 23.9 Å². The zero-order valence-electron chi connectivity index (χ0n) is 16.0. The molecule has 2 unspecified atom stereocenters. The van der Waals surface area contributed by atoms with Crippen molar-refractivity contribution >= 4 is 33.5 Å². The molecule has 4 bridgehead atoms. The van der Waals surface area contributed by atoms with Gasteiger partial charge in [-0.05, 0) is 80.0 Å². The molecule has 5 rings (SSSR count). The molecule has 4 fully saturated rings. The number of alkyl halides is 3. The predicted octanol–water partition coefficient (Wildman–Crippen LogP) is 4.89. The molecule has 29 heavy (non-hydrogen) atoms. The highest BCUT2D eigenvalue weighted by Gasteiger charge is 2.57. The van der Waals surface area contributed by atoms with Crippen LogP contribution in [-0.2, 0) is 14.3 Å². The molecule has 4 saturated carbocycles. The van der Waals surface area contributed by atoms with E-state index in [9.17, 15) is 18.4 Å². The Labute approximate surface area is 176 Å². The molecule has 5 nitrogen and oxygen atoms in total. The molecule has 0 aromatic heterocycles. The Kier molecular flexibility index (Phi) is 5.57. The van der Waals surface area contributed by atoms with Crippen LogP contribution >= 0.6 is 15.9 Å². The fraction of sp³-hybridized carbons (Fsp3) is 0.619. The van der Waals surface area contributed by atoms with Crippen LogP contribution in [0.4, 0.5) is 14.5 Å². The molecule has 1 amide bonds. The number of ether oxygens (including phenoxy) is 2. The van der Waals surface area contributed by atoms with Crippen molar-refractivity contribution in [1.82, 2.24) is 0 Å². The van der Waals surface area contributed by atoms with Gasteiger partial charge in [0.1, 0.15) is 5.75 Å². The van der Waals surface area contributed by atoms with Gasteiger partial charge in [-0.15, -0.1) is 0 Å². The van der Waals surface area contributed by atoms with E-state index in [4.69, 9.17) is 4.74 Å². The minimum Gasteiger partial charge on any atom is -0.456 e. The van der Waals surface area contributed by atoms with Gasteiger partial charge in [-0.3, -0.25) is 9.59 Å².